The fourth-order valence-electron chi connectivity index (χ4n) is 5.31. The Balaban J connectivity index is 1.15. The number of carbonyl (C=O) groups is 2. The van der Waals surface area contributed by atoms with E-state index < -0.39 is 18.5 Å². The first-order valence-corrected chi connectivity index (χ1v) is 12.6. The van der Waals surface area contributed by atoms with Gasteiger partial charge in [0.05, 0.1) is 34.9 Å². The molecule has 2 aromatic carbocycles. The lowest BCUT2D eigenvalue weighted by Gasteiger charge is -2.24. The van der Waals surface area contributed by atoms with E-state index in [4.69, 9.17) is 28.7 Å². The molecule has 3 aliphatic rings. The van der Waals surface area contributed by atoms with Crippen LogP contribution in [0.2, 0.25) is 0 Å². The molecule has 196 valence electrons. The maximum absolute atomic E-state index is 13.3. The molecule has 0 bridgehead atoms. The highest BCUT2D eigenvalue weighted by Crippen LogP contribution is 2.41. The Labute approximate surface area is 221 Å². The van der Waals surface area contributed by atoms with Crippen molar-refractivity contribution in [2.45, 2.75) is 45.5 Å². The minimum atomic E-state index is -1.29. The van der Waals surface area contributed by atoms with Gasteiger partial charge in [-0.05, 0) is 35.7 Å². The number of rotatable bonds is 4. The van der Waals surface area contributed by atoms with Crippen LogP contribution in [0.1, 0.15) is 41.5 Å². The van der Waals surface area contributed by atoms with Crippen LogP contribution < -0.4 is 15.0 Å². The van der Waals surface area contributed by atoms with E-state index in [1.54, 1.807) is 16.7 Å². The lowest BCUT2D eigenvalue weighted by Crippen LogP contribution is -2.32. The van der Waals surface area contributed by atoms with Crippen LogP contribution in [0.25, 0.3) is 22.3 Å². The summed E-state index contributed by atoms with van der Waals surface area (Å²) in [5.74, 6) is -0.0189. The van der Waals surface area contributed by atoms with Gasteiger partial charge in [0.1, 0.15) is 13.2 Å². The van der Waals surface area contributed by atoms with E-state index in [-0.39, 0.29) is 24.7 Å². The molecule has 0 amide bonds. The van der Waals surface area contributed by atoms with E-state index in [0.717, 1.165) is 16.5 Å². The summed E-state index contributed by atoms with van der Waals surface area (Å²) in [7, 11) is 0. The van der Waals surface area contributed by atoms with Crippen LogP contribution >= 0.6 is 0 Å². The second-order valence-electron chi connectivity index (χ2n) is 9.58. The molecule has 2 atom stereocenters. The van der Waals surface area contributed by atoms with Gasteiger partial charge in [0.15, 0.2) is 11.5 Å². The van der Waals surface area contributed by atoms with Gasteiger partial charge in [0, 0.05) is 17.0 Å². The van der Waals surface area contributed by atoms with Gasteiger partial charge in [0.25, 0.3) is 5.56 Å². The van der Waals surface area contributed by atoms with E-state index in [2.05, 4.69) is 0 Å². The summed E-state index contributed by atoms with van der Waals surface area (Å²) in [4.78, 5) is 42.6. The normalized spacial score (nSPS) is 18.2. The van der Waals surface area contributed by atoms with E-state index in [1.165, 1.54) is 0 Å². The molecule has 10 heteroatoms. The van der Waals surface area contributed by atoms with Gasteiger partial charge in [0.2, 0.25) is 0 Å². The molecule has 0 spiro atoms. The summed E-state index contributed by atoms with van der Waals surface area (Å²) in [6.45, 7) is 1.02. The Morgan fingerprint density at radius 3 is 2.67 bits per heavy atom. The molecule has 0 fully saturated rings. The molecule has 0 saturated carbocycles. The predicted octanol–water partition coefficient (Wildman–Crippen LogP) is 4.38. The summed E-state index contributed by atoms with van der Waals surface area (Å²) < 4.78 is 28.6. The number of carbonyl (C=O) groups excluding carboxylic acids is 2. The number of esters is 1. The molecule has 5 heterocycles. The smallest absolute Gasteiger partial charge is 0.460 e. The highest BCUT2D eigenvalue weighted by molar-refractivity contribution is 5.88. The number of aromatic nitrogens is 2. The van der Waals surface area contributed by atoms with Gasteiger partial charge < -0.3 is 28.3 Å². The first-order valence-electron chi connectivity index (χ1n) is 12.6. The summed E-state index contributed by atoms with van der Waals surface area (Å²) in [6, 6.07) is 16.5. The van der Waals surface area contributed by atoms with E-state index >= 15 is 0 Å². The number of cyclic esters (lactones) is 1. The molecule has 39 heavy (non-hydrogen) atoms. The number of pyridine rings is 2. The van der Waals surface area contributed by atoms with Crippen molar-refractivity contribution in [1.29, 1.82) is 0 Å². The van der Waals surface area contributed by atoms with Gasteiger partial charge in [-0.1, -0.05) is 37.3 Å². The van der Waals surface area contributed by atoms with Crippen molar-refractivity contribution in [2.24, 2.45) is 0 Å². The third-order valence-corrected chi connectivity index (χ3v) is 7.23. The largest absolute Gasteiger partial charge is 0.514 e. The summed E-state index contributed by atoms with van der Waals surface area (Å²) >= 11 is 0. The van der Waals surface area contributed by atoms with Crippen molar-refractivity contribution in [3.8, 4) is 22.9 Å². The van der Waals surface area contributed by atoms with Gasteiger partial charge in [-0.15, -0.1) is 0 Å². The fraction of sp³-hybridized carbons (Fsp3) is 0.241. The minimum absolute atomic E-state index is 0.0139. The van der Waals surface area contributed by atoms with Gasteiger partial charge in [-0.2, -0.15) is 0 Å². The number of nitrogens with zero attached hydrogens (tertiary/aromatic N) is 2. The van der Waals surface area contributed by atoms with Crippen molar-refractivity contribution < 1.29 is 33.3 Å². The van der Waals surface area contributed by atoms with Crippen LogP contribution in [-0.2, 0) is 38.8 Å². The third kappa shape index (κ3) is 3.87. The highest BCUT2D eigenvalue weighted by Gasteiger charge is 2.34. The van der Waals surface area contributed by atoms with Crippen LogP contribution in [0.15, 0.2) is 59.4 Å². The molecule has 0 N–H and O–H groups in total. The quantitative estimate of drug-likeness (QED) is 0.315. The fourth-order valence-corrected chi connectivity index (χ4v) is 5.31. The summed E-state index contributed by atoms with van der Waals surface area (Å²) in [5.41, 5.74) is 4.74. The molecule has 0 saturated heterocycles. The van der Waals surface area contributed by atoms with E-state index in [9.17, 15) is 14.4 Å². The number of hydrogen-bond donors (Lipinski definition) is 0. The molecular weight excluding hydrogens is 504 g/mol. The average Bonchev–Trinajstić information content (AvgIpc) is 3.49. The second-order valence-corrected chi connectivity index (χ2v) is 9.58. The Morgan fingerprint density at radius 1 is 1.08 bits per heavy atom. The van der Waals surface area contributed by atoms with Crippen molar-refractivity contribution in [2.75, 3.05) is 0 Å². The maximum atomic E-state index is 13.3. The Hall–Kier alpha value is -4.86. The number of hydrogen-bond acceptors (Lipinski definition) is 9. The van der Waals surface area contributed by atoms with Gasteiger partial charge in [-0.25, -0.2) is 9.78 Å². The van der Waals surface area contributed by atoms with Crippen molar-refractivity contribution in [3.63, 3.8) is 0 Å². The standard InChI is InChI=1S/C29H22N2O8/c1-2-18-19-10-22-25-17(12-31(22)26(32)20(19)14-35-27(18)33)8-16-9-23-24(11-21(16)30-25)38-29(37-23)39-28(34)36-13-15-6-4-3-5-7-15/h3-11,18,29H,2,12-14H2,1H3/t18?,29-/m0/s1. The first kappa shape index (κ1) is 23.3. The highest BCUT2D eigenvalue weighted by atomic mass is 16.9. The molecule has 1 unspecified atom stereocenters. The van der Waals surface area contributed by atoms with Crippen LogP contribution in [0, 0.1) is 0 Å². The first-order chi connectivity index (χ1) is 19.0. The zero-order valence-corrected chi connectivity index (χ0v) is 20.8. The maximum Gasteiger partial charge on any atom is 0.514 e. The van der Waals surface area contributed by atoms with E-state index in [1.807, 2.05) is 49.4 Å². The monoisotopic (exact) mass is 526 g/mol. The molecule has 2 aromatic heterocycles. The lowest BCUT2D eigenvalue weighted by atomic mass is 9.90. The molecule has 4 aromatic rings. The van der Waals surface area contributed by atoms with Gasteiger partial charge in [-0.3, -0.25) is 9.59 Å². The molecule has 7 rings (SSSR count). The van der Waals surface area contributed by atoms with Crippen molar-refractivity contribution in [3.05, 3.63) is 87.2 Å². The molecular formula is C29H22N2O8. The van der Waals surface area contributed by atoms with Crippen molar-refractivity contribution >= 4 is 23.0 Å². The van der Waals surface area contributed by atoms with Crippen LogP contribution in [0.3, 0.4) is 0 Å². The number of fused-ring (bicyclic) bond motifs is 6. The predicted molar refractivity (Wildman–Crippen MR) is 136 cm³/mol. The topological polar surface area (TPSA) is 115 Å². The Morgan fingerprint density at radius 2 is 1.87 bits per heavy atom. The van der Waals surface area contributed by atoms with Crippen molar-refractivity contribution in [1.82, 2.24) is 9.55 Å². The van der Waals surface area contributed by atoms with Gasteiger partial charge >= 0.3 is 18.6 Å². The second kappa shape index (κ2) is 8.87. The van der Waals surface area contributed by atoms with E-state index in [0.29, 0.717) is 52.5 Å². The van der Waals surface area contributed by atoms with Crippen LogP contribution in [0.5, 0.6) is 11.5 Å². The number of benzene rings is 2. The zero-order chi connectivity index (χ0) is 26.7. The zero-order valence-electron chi connectivity index (χ0n) is 20.8. The third-order valence-electron chi connectivity index (χ3n) is 7.23. The minimum Gasteiger partial charge on any atom is -0.460 e. The van der Waals surface area contributed by atoms with Crippen LogP contribution in [0.4, 0.5) is 4.79 Å². The van der Waals surface area contributed by atoms with Crippen LogP contribution in [-0.4, -0.2) is 28.2 Å². The summed E-state index contributed by atoms with van der Waals surface area (Å²) in [6.07, 6.45) is -0.378. The SMILES string of the molecule is CCC1C(=O)OCc2c1cc1n(c2=O)Cc2cc3cc4c(cc3nc2-1)O[C@@H](OC(=O)OCc1ccccc1)O4. The lowest BCUT2D eigenvalue weighted by molar-refractivity contribution is -0.153. The molecule has 10 nitrogen and oxygen atoms in total. The molecule has 0 aliphatic carbocycles. The average molecular weight is 527 g/mol. The molecule has 0 radical (unpaired) electrons. The Bertz CT molecular complexity index is 1730. The molecule has 3 aliphatic heterocycles. The Kier molecular flexibility index (Phi) is 5.29. The summed E-state index contributed by atoms with van der Waals surface area (Å²) in [5, 5.41) is 0.777. The number of ether oxygens (including phenoxy) is 5.